The number of carbonyl (C=O) groups is 1. The van der Waals surface area contributed by atoms with E-state index in [1.807, 2.05) is 24.3 Å². The van der Waals surface area contributed by atoms with Crippen molar-refractivity contribution < 1.29 is 18.0 Å². The minimum Gasteiger partial charge on any atom is -0.307 e. The van der Waals surface area contributed by atoms with Crippen molar-refractivity contribution in [3.05, 3.63) is 59.4 Å². The van der Waals surface area contributed by atoms with Crippen LogP contribution in [0.25, 0.3) is 5.57 Å². The lowest BCUT2D eigenvalue weighted by Crippen LogP contribution is -2.55. The number of rotatable bonds is 3. The first kappa shape index (κ1) is 23.1. The van der Waals surface area contributed by atoms with Crippen molar-refractivity contribution in [2.24, 2.45) is 0 Å². The minimum atomic E-state index is -4.79. The quantitative estimate of drug-likeness (QED) is 0.591. The van der Waals surface area contributed by atoms with Gasteiger partial charge < -0.3 is 10.2 Å². The van der Waals surface area contributed by atoms with Gasteiger partial charge in [0, 0.05) is 17.8 Å². The molecule has 2 aromatic rings. The number of nitrogens with one attached hydrogen (secondary N) is 1. The molecule has 4 heterocycles. The lowest BCUT2D eigenvalue weighted by atomic mass is 9.75. The van der Waals surface area contributed by atoms with Gasteiger partial charge in [0.1, 0.15) is 11.6 Å². The third kappa shape index (κ3) is 3.44. The monoisotopic (exact) mass is 509 g/mol. The number of fused-ring (bicyclic) bond motifs is 2. The van der Waals surface area contributed by atoms with Crippen LogP contribution in [0.4, 0.5) is 24.5 Å². The molecule has 2 saturated heterocycles. The summed E-state index contributed by atoms with van der Waals surface area (Å²) in [6.07, 6.45) is 3.83. The van der Waals surface area contributed by atoms with Crippen LogP contribution in [0.2, 0.25) is 0 Å². The van der Waals surface area contributed by atoms with Crippen LogP contribution in [-0.2, 0) is 11.0 Å². The zero-order valence-electron chi connectivity index (χ0n) is 19.2. The molecule has 6 nitrogen and oxygen atoms in total. The van der Waals surface area contributed by atoms with Crippen molar-refractivity contribution in [2.75, 3.05) is 9.80 Å². The molecule has 184 valence electrons. The summed E-state index contributed by atoms with van der Waals surface area (Å²) in [5.41, 5.74) is 0.225. The van der Waals surface area contributed by atoms with Crippen LogP contribution < -0.4 is 15.1 Å². The number of alkyl halides is 3. The number of benzene rings is 1. The van der Waals surface area contributed by atoms with Crippen LogP contribution >= 0.6 is 12.2 Å². The van der Waals surface area contributed by atoms with Gasteiger partial charge in [0.25, 0.3) is 5.91 Å². The fourth-order valence-electron chi connectivity index (χ4n) is 5.85. The molecule has 1 aliphatic carbocycles. The van der Waals surface area contributed by atoms with Crippen LogP contribution in [0, 0.1) is 11.3 Å². The molecule has 3 fully saturated rings. The number of amides is 1. The number of nitrogens with zero attached hydrogens (tertiary/aromatic N) is 4. The number of pyridine rings is 1. The number of hydrogen-bond donors (Lipinski definition) is 1. The molecule has 2 atom stereocenters. The normalized spacial score (nSPS) is 24.7. The SMILES string of the molecule is N#Cc1ncc(N2C(=O)C3(CCC3)N(c3ccc(C4=CC5CCC(C4)N5)cc3)C2=S)cc1C(F)(F)F. The number of anilines is 2. The summed E-state index contributed by atoms with van der Waals surface area (Å²) in [6, 6.07) is 11.1. The van der Waals surface area contributed by atoms with E-state index in [-0.39, 0.29) is 16.7 Å². The van der Waals surface area contributed by atoms with E-state index in [4.69, 9.17) is 17.5 Å². The molecule has 36 heavy (non-hydrogen) atoms. The second kappa shape index (κ2) is 8.11. The zero-order chi connectivity index (χ0) is 25.2. The van der Waals surface area contributed by atoms with Gasteiger partial charge >= 0.3 is 6.18 Å². The standard InChI is InChI=1S/C26H22F3N5OS/c27-26(28,29)21-12-20(14-31-22(21)13-30)33-23(35)25(8-1-9-25)34(24(33)36)19-6-2-15(3-7-19)16-10-17-4-5-18(11-16)32-17/h2-3,6-7,10,12,14,17-18,32H,1,4-5,8-9,11H2. The van der Waals surface area contributed by atoms with Gasteiger partial charge in [-0.25, -0.2) is 4.98 Å². The summed E-state index contributed by atoms with van der Waals surface area (Å²) >= 11 is 5.68. The molecule has 4 aliphatic rings. The summed E-state index contributed by atoms with van der Waals surface area (Å²) in [5.74, 6) is -0.361. The van der Waals surface area contributed by atoms with Gasteiger partial charge in [0.05, 0.1) is 17.4 Å². The van der Waals surface area contributed by atoms with E-state index in [0.717, 1.165) is 47.7 Å². The van der Waals surface area contributed by atoms with Crippen molar-refractivity contribution in [2.45, 2.75) is 62.3 Å². The predicted octanol–water partition coefficient (Wildman–Crippen LogP) is 4.94. The third-order valence-electron chi connectivity index (χ3n) is 7.78. The van der Waals surface area contributed by atoms with Crippen molar-refractivity contribution in [1.82, 2.24) is 10.3 Å². The first-order valence-corrected chi connectivity index (χ1v) is 12.4. The lowest BCUT2D eigenvalue weighted by molar-refractivity contribution is -0.138. The molecule has 1 spiro atoms. The zero-order valence-corrected chi connectivity index (χ0v) is 20.0. The van der Waals surface area contributed by atoms with E-state index in [2.05, 4.69) is 16.4 Å². The molecule has 3 aliphatic heterocycles. The topological polar surface area (TPSA) is 72.3 Å². The second-order valence-corrected chi connectivity index (χ2v) is 10.2. The second-order valence-electron chi connectivity index (χ2n) is 9.83. The maximum atomic E-state index is 13.6. The van der Waals surface area contributed by atoms with Crippen LogP contribution in [0.1, 0.15) is 55.3 Å². The van der Waals surface area contributed by atoms with Crippen molar-refractivity contribution in [3.8, 4) is 6.07 Å². The molecule has 2 unspecified atom stereocenters. The molecule has 1 aromatic heterocycles. The van der Waals surface area contributed by atoms with E-state index in [9.17, 15) is 18.0 Å². The van der Waals surface area contributed by atoms with E-state index >= 15 is 0 Å². The smallest absolute Gasteiger partial charge is 0.307 e. The van der Waals surface area contributed by atoms with E-state index in [0.29, 0.717) is 24.9 Å². The molecule has 0 radical (unpaired) electrons. The Morgan fingerprint density at radius 1 is 1.17 bits per heavy atom. The average molecular weight is 510 g/mol. The molecule has 1 amide bonds. The van der Waals surface area contributed by atoms with Gasteiger partial charge in [0.15, 0.2) is 10.8 Å². The maximum Gasteiger partial charge on any atom is 0.419 e. The van der Waals surface area contributed by atoms with Gasteiger partial charge in [-0.3, -0.25) is 9.69 Å². The van der Waals surface area contributed by atoms with Crippen molar-refractivity contribution in [3.63, 3.8) is 0 Å². The Morgan fingerprint density at radius 2 is 1.92 bits per heavy atom. The Balaban J connectivity index is 1.35. The van der Waals surface area contributed by atoms with Gasteiger partial charge in [0.2, 0.25) is 0 Å². The Labute approximate surface area is 211 Å². The number of hydrogen-bond acceptors (Lipinski definition) is 5. The van der Waals surface area contributed by atoms with Gasteiger partial charge in [-0.2, -0.15) is 18.4 Å². The molecule has 2 bridgehead atoms. The highest BCUT2D eigenvalue weighted by molar-refractivity contribution is 7.81. The van der Waals surface area contributed by atoms with Crippen molar-refractivity contribution in [1.29, 1.82) is 5.26 Å². The maximum absolute atomic E-state index is 13.6. The van der Waals surface area contributed by atoms with Crippen LogP contribution in [-0.4, -0.2) is 33.6 Å². The summed E-state index contributed by atoms with van der Waals surface area (Å²) in [7, 11) is 0. The summed E-state index contributed by atoms with van der Waals surface area (Å²) < 4.78 is 40.7. The Bertz CT molecular complexity index is 1340. The van der Waals surface area contributed by atoms with E-state index in [1.54, 1.807) is 4.90 Å². The number of carbonyl (C=O) groups excluding carboxylic acids is 1. The highest BCUT2D eigenvalue weighted by atomic mass is 32.1. The molecule has 1 saturated carbocycles. The highest BCUT2D eigenvalue weighted by Gasteiger charge is 2.59. The molecule has 1 aromatic carbocycles. The Hall–Kier alpha value is -3.29. The molecule has 10 heteroatoms. The van der Waals surface area contributed by atoms with Gasteiger partial charge in [-0.05, 0) is 80.1 Å². The molecular weight excluding hydrogens is 487 g/mol. The largest absolute Gasteiger partial charge is 0.419 e. The van der Waals surface area contributed by atoms with Gasteiger partial charge in [-0.15, -0.1) is 0 Å². The Kier molecular flexibility index (Phi) is 5.21. The number of halogens is 3. The summed E-state index contributed by atoms with van der Waals surface area (Å²) in [5, 5.41) is 12.8. The van der Waals surface area contributed by atoms with Crippen LogP contribution in [0.15, 0.2) is 42.6 Å². The predicted molar refractivity (Wildman–Crippen MR) is 132 cm³/mol. The fraction of sp³-hybridized carbons (Fsp3) is 0.385. The highest BCUT2D eigenvalue weighted by Crippen LogP contribution is 2.48. The van der Waals surface area contributed by atoms with Gasteiger partial charge in [-0.1, -0.05) is 18.2 Å². The number of thiocarbonyl (C=S) groups is 1. The fourth-order valence-corrected chi connectivity index (χ4v) is 6.32. The summed E-state index contributed by atoms with van der Waals surface area (Å²) in [4.78, 5) is 20.2. The molecule has 6 rings (SSSR count). The lowest BCUT2D eigenvalue weighted by Gasteiger charge is -2.43. The van der Waals surface area contributed by atoms with Crippen LogP contribution in [0.3, 0.4) is 0 Å². The first-order chi connectivity index (χ1) is 17.2. The molecular formula is C26H22F3N5OS. The Morgan fingerprint density at radius 3 is 2.53 bits per heavy atom. The summed E-state index contributed by atoms with van der Waals surface area (Å²) in [6.45, 7) is 0. The number of aromatic nitrogens is 1. The third-order valence-corrected chi connectivity index (χ3v) is 8.14. The van der Waals surface area contributed by atoms with Crippen molar-refractivity contribution >= 4 is 40.2 Å². The minimum absolute atomic E-state index is 0.0861. The average Bonchev–Trinajstić information content (AvgIpc) is 3.29. The van der Waals surface area contributed by atoms with E-state index < -0.39 is 23.0 Å². The first-order valence-electron chi connectivity index (χ1n) is 11.9. The van der Waals surface area contributed by atoms with E-state index in [1.165, 1.54) is 18.1 Å². The van der Waals surface area contributed by atoms with Crippen LogP contribution in [0.5, 0.6) is 0 Å². The number of nitriles is 1. The molecule has 1 N–H and O–H groups in total.